The predicted octanol–water partition coefficient (Wildman–Crippen LogP) is 4.48. The van der Waals surface area contributed by atoms with Gasteiger partial charge in [0.15, 0.2) is 5.65 Å². The molecule has 2 heterocycles. The smallest absolute Gasteiger partial charge is 0.219 e. The summed E-state index contributed by atoms with van der Waals surface area (Å²) in [6.07, 6.45) is 2.79. The Bertz CT molecular complexity index is 1390. The fourth-order valence-electron chi connectivity index (χ4n) is 3.90. The Morgan fingerprint density at radius 1 is 0.667 bits per heavy atom. The van der Waals surface area contributed by atoms with E-state index >= 15 is 0 Å². The maximum Gasteiger partial charge on any atom is 0.219 e. The van der Waals surface area contributed by atoms with Crippen LogP contribution < -0.4 is 0 Å². The number of benzene rings is 3. The monoisotopic (exact) mass is 437 g/mol. The molecule has 0 fully saturated rings. The van der Waals surface area contributed by atoms with Gasteiger partial charge in [-0.1, -0.05) is 66.7 Å². The molecule has 0 radical (unpaired) electrons. The Morgan fingerprint density at radius 3 is 2.00 bits per heavy atom. The largest absolute Gasteiger partial charge is 0.508 e. The lowest BCUT2D eigenvalue weighted by Crippen LogP contribution is -2.01. The summed E-state index contributed by atoms with van der Waals surface area (Å²) in [6.45, 7) is -0.0189. The van der Waals surface area contributed by atoms with Crippen molar-refractivity contribution in [3.63, 3.8) is 0 Å². The molecule has 2 aromatic heterocycles. The van der Waals surface area contributed by atoms with Crippen molar-refractivity contribution in [2.45, 2.75) is 19.4 Å². The lowest BCUT2D eigenvalue weighted by Gasteiger charge is -2.09. The molecule has 3 N–H and O–H groups in total. The summed E-state index contributed by atoms with van der Waals surface area (Å²) in [5.41, 5.74) is 6.37. The zero-order valence-corrected chi connectivity index (χ0v) is 17.9. The van der Waals surface area contributed by atoms with Gasteiger partial charge in [0.25, 0.3) is 0 Å². The molecule has 164 valence electrons. The molecule has 0 aliphatic heterocycles. The van der Waals surface area contributed by atoms with Gasteiger partial charge < -0.3 is 15.3 Å². The van der Waals surface area contributed by atoms with Crippen LogP contribution in [0.15, 0.2) is 85.1 Å². The molecule has 0 saturated carbocycles. The number of aromatic nitrogens is 3. The molecule has 5 aromatic rings. The van der Waals surface area contributed by atoms with E-state index in [4.69, 9.17) is 9.97 Å². The van der Waals surface area contributed by atoms with Crippen LogP contribution in [0.4, 0.5) is 0 Å². The van der Waals surface area contributed by atoms with Crippen LogP contribution in [0.2, 0.25) is 0 Å². The van der Waals surface area contributed by atoms with E-state index in [1.54, 1.807) is 22.7 Å². The second kappa shape index (κ2) is 8.76. The van der Waals surface area contributed by atoms with Crippen molar-refractivity contribution >= 4 is 5.65 Å². The van der Waals surface area contributed by atoms with Crippen molar-refractivity contribution in [1.82, 2.24) is 14.4 Å². The van der Waals surface area contributed by atoms with Gasteiger partial charge in [-0.15, -0.1) is 0 Å². The normalized spacial score (nSPS) is 11.2. The first-order valence-electron chi connectivity index (χ1n) is 10.7. The third-order valence-corrected chi connectivity index (χ3v) is 5.67. The Labute approximate surface area is 191 Å². The van der Waals surface area contributed by atoms with Gasteiger partial charge in [-0.25, -0.2) is 9.97 Å². The number of fused-ring (bicyclic) bond motifs is 1. The second-order valence-electron chi connectivity index (χ2n) is 8.01. The first-order valence-corrected chi connectivity index (χ1v) is 10.7. The van der Waals surface area contributed by atoms with E-state index in [9.17, 15) is 15.3 Å². The lowest BCUT2D eigenvalue weighted by molar-refractivity contribution is 0.282. The number of nitrogens with zero attached hydrogens (tertiary/aromatic N) is 3. The van der Waals surface area contributed by atoms with Gasteiger partial charge in [0.05, 0.1) is 18.0 Å². The average molecular weight is 437 g/mol. The van der Waals surface area contributed by atoms with Crippen LogP contribution in [0.5, 0.6) is 11.6 Å². The summed E-state index contributed by atoms with van der Waals surface area (Å²) in [6, 6.07) is 24.5. The van der Waals surface area contributed by atoms with Crippen LogP contribution in [0.1, 0.15) is 28.1 Å². The zero-order chi connectivity index (χ0) is 22.8. The minimum absolute atomic E-state index is 0.0189. The molecule has 0 aliphatic carbocycles. The lowest BCUT2D eigenvalue weighted by atomic mass is 10.1. The standard InChI is InChI=1S/C27H23N3O3/c31-17-20-6-10-21(11-7-20)25-16-30-26(23(28-25)14-18-4-2-1-3-5-18)29-24(27(30)33)15-19-8-12-22(32)13-9-19/h1-13,16,31-33H,14-15,17H2. The number of imidazole rings is 1. The highest BCUT2D eigenvalue weighted by atomic mass is 16.3. The van der Waals surface area contributed by atoms with E-state index in [0.29, 0.717) is 29.9 Å². The third kappa shape index (κ3) is 4.29. The minimum atomic E-state index is -0.0189. The predicted molar refractivity (Wildman–Crippen MR) is 126 cm³/mol. The van der Waals surface area contributed by atoms with E-state index in [1.165, 1.54) is 0 Å². The molecule has 0 amide bonds. The first-order chi connectivity index (χ1) is 16.1. The van der Waals surface area contributed by atoms with E-state index in [1.807, 2.05) is 66.7 Å². The molecular formula is C27H23N3O3. The van der Waals surface area contributed by atoms with Crippen LogP contribution in [-0.2, 0) is 19.4 Å². The maximum atomic E-state index is 11.0. The molecule has 0 spiro atoms. The molecule has 6 heteroatoms. The number of rotatable bonds is 6. The van der Waals surface area contributed by atoms with Crippen LogP contribution >= 0.6 is 0 Å². The molecular weight excluding hydrogens is 414 g/mol. The summed E-state index contributed by atoms with van der Waals surface area (Å²) in [4.78, 5) is 9.65. The molecule has 0 bridgehead atoms. The van der Waals surface area contributed by atoms with Crippen molar-refractivity contribution in [1.29, 1.82) is 0 Å². The molecule has 0 saturated heterocycles. The summed E-state index contributed by atoms with van der Waals surface area (Å²) < 4.78 is 1.69. The molecule has 33 heavy (non-hydrogen) atoms. The van der Waals surface area contributed by atoms with Gasteiger partial charge in [-0.3, -0.25) is 4.40 Å². The van der Waals surface area contributed by atoms with Crippen LogP contribution in [0.3, 0.4) is 0 Å². The van der Waals surface area contributed by atoms with Crippen molar-refractivity contribution in [3.05, 3.63) is 113 Å². The van der Waals surface area contributed by atoms with Crippen molar-refractivity contribution in [2.75, 3.05) is 0 Å². The summed E-state index contributed by atoms with van der Waals surface area (Å²) in [7, 11) is 0. The SMILES string of the molecule is OCc1ccc(-c2cn3c(O)c(Cc4ccc(O)cc4)nc3c(Cc3ccccc3)n2)cc1. The maximum absolute atomic E-state index is 11.0. The quantitative estimate of drug-likeness (QED) is 0.364. The molecule has 0 unspecified atom stereocenters. The van der Waals surface area contributed by atoms with Gasteiger partial charge in [0.2, 0.25) is 5.88 Å². The number of aliphatic hydroxyl groups excluding tert-OH is 1. The Kier molecular flexibility index (Phi) is 5.50. The molecule has 6 nitrogen and oxygen atoms in total. The van der Waals surface area contributed by atoms with Gasteiger partial charge in [-0.05, 0) is 28.8 Å². The van der Waals surface area contributed by atoms with Crippen molar-refractivity contribution < 1.29 is 15.3 Å². The summed E-state index contributed by atoms with van der Waals surface area (Å²) in [5.74, 6) is 0.271. The molecule has 5 rings (SSSR count). The number of hydrogen-bond donors (Lipinski definition) is 3. The van der Waals surface area contributed by atoms with Gasteiger partial charge in [0.1, 0.15) is 11.4 Å². The summed E-state index contributed by atoms with van der Waals surface area (Å²) in [5, 5.41) is 29.9. The number of phenolic OH excluding ortho intramolecular Hbond substituents is 1. The van der Waals surface area contributed by atoms with Crippen LogP contribution in [-0.4, -0.2) is 29.7 Å². The number of hydrogen-bond acceptors (Lipinski definition) is 5. The summed E-state index contributed by atoms with van der Waals surface area (Å²) >= 11 is 0. The number of phenols is 1. The van der Waals surface area contributed by atoms with Crippen LogP contribution in [0, 0.1) is 0 Å². The van der Waals surface area contributed by atoms with Gasteiger partial charge >= 0.3 is 0 Å². The first kappa shape index (κ1) is 20.7. The van der Waals surface area contributed by atoms with Crippen molar-refractivity contribution in [2.24, 2.45) is 0 Å². The van der Waals surface area contributed by atoms with Gasteiger partial charge in [0, 0.05) is 24.6 Å². The van der Waals surface area contributed by atoms with Crippen LogP contribution in [0.25, 0.3) is 16.9 Å². The van der Waals surface area contributed by atoms with E-state index in [0.717, 1.165) is 27.9 Å². The van der Waals surface area contributed by atoms with E-state index in [-0.39, 0.29) is 18.2 Å². The molecule has 3 aromatic carbocycles. The topological polar surface area (TPSA) is 90.9 Å². The second-order valence-corrected chi connectivity index (χ2v) is 8.01. The molecule has 0 aliphatic rings. The highest BCUT2D eigenvalue weighted by molar-refractivity contribution is 5.63. The average Bonchev–Trinajstić information content (AvgIpc) is 3.17. The third-order valence-electron chi connectivity index (χ3n) is 5.67. The fourth-order valence-corrected chi connectivity index (χ4v) is 3.90. The molecule has 0 atom stereocenters. The number of aliphatic hydroxyl groups is 1. The fraction of sp³-hybridized carbons (Fsp3) is 0.111. The minimum Gasteiger partial charge on any atom is -0.508 e. The zero-order valence-electron chi connectivity index (χ0n) is 17.9. The number of aromatic hydroxyl groups is 2. The Balaban J connectivity index is 1.62. The van der Waals surface area contributed by atoms with E-state index < -0.39 is 0 Å². The Hall–Kier alpha value is -4.16. The van der Waals surface area contributed by atoms with Crippen molar-refractivity contribution in [3.8, 4) is 22.9 Å². The highest BCUT2D eigenvalue weighted by Crippen LogP contribution is 2.28. The van der Waals surface area contributed by atoms with Gasteiger partial charge in [-0.2, -0.15) is 0 Å². The van der Waals surface area contributed by atoms with E-state index in [2.05, 4.69) is 0 Å². The highest BCUT2D eigenvalue weighted by Gasteiger charge is 2.18. The Morgan fingerprint density at radius 2 is 1.30 bits per heavy atom.